The van der Waals surface area contributed by atoms with E-state index in [0.29, 0.717) is 12.8 Å². The zero-order valence-corrected chi connectivity index (χ0v) is 13.3. The Hall–Kier alpha value is -1.80. The van der Waals surface area contributed by atoms with Gasteiger partial charge in [0.15, 0.2) is 0 Å². The highest BCUT2D eigenvalue weighted by Crippen LogP contribution is 2.38. The molecule has 1 atom stereocenters. The molecule has 0 spiro atoms. The highest BCUT2D eigenvalue weighted by atomic mass is 16.5. The zero-order valence-electron chi connectivity index (χ0n) is 13.3. The fourth-order valence-electron chi connectivity index (χ4n) is 2.76. The first-order valence-corrected chi connectivity index (χ1v) is 7.43. The van der Waals surface area contributed by atoms with Crippen LogP contribution in [0.5, 0.6) is 5.75 Å². The van der Waals surface area contributed by atoms with Crippen molar-refractivity contribution >= 4 is 0 Å². The van der Waals surface area contributed by atoms with E-state index in [4.69, 9.17) is 4.74 Å². The molecule has 0 aliphatic heterocycles. The summed E-state index contributed by atoms with van der Waals surface area (Å²) in [5.74, 6) is 0.801. The second-order valence-corrected chi connectivity index (χ2v) is 5.64. The second-order valence-electron chi connectivity index (χ2n) is 5.64. The maximum atomic E-state index is 11.2. The van der Waals surface area contributed by atoms with Gasteiger partial charge < -0.3 is 9.84 Å². The van der Waals surface area contributed by atoms with Crippen LogP contribution in [-0.2, 0) is 12.0 Å². The van der Waals surface area contributed by atoms with Gasteiger partial charge in [0.25, 0.3) is 0 Å². The molecule has 0 fully saturated rings. The van der Waals surface area contributed by atoms with Crippen molar-refractivity contribution in [3.63, 3.8) is 0 Å². The van der Waals surface area contributed by atoms with Crippen LogP contribution in [0, 0.1) is 13.8 Å². The highest BCUT2D eigenvalue weighted by molar-refractivity contribution is 5.48. The van der Waals surface area contributed by atoms with Crippen LogP contribution in [0.25, 0.3) is 0 Å². The van der Waals surface area contributed by atoms with Crippen LogP contribution in [0.4, 0.5) is 0 Å². The molecule has 1 unspecified atom stereocenters. The summed E-state index contributed by atoms with van der Waals surface area (Å²) in [4.78, 5) is 0. The van der Waals surface area contributed by atoms with E-state index in [1.807, 2.05) is 50.2 Å². The van der Waals surface area contributed by atoms with Crippen LogP contribution in [0.3, 0.4) is 0 Å². The topological polar surface area (TPSA) is 29.5 Å². The van der Waals surface area contributed by atoms with Crippen LogP contribution < -0.4 is 4.74 Å². The Morgan fingerprint density at radius 3 is 2.29 bits per heavy atom. The van der Waals surface area contributed by atoms with Gasteiger partial charge in [-0.05, 0) is 37.0 Å². The molecule has 0 amide bonds. The third kappa shape index (κ3) is 3.11. The van der Waals surface area contributed by atoms with Crippen molar-refractivity contribution in [2.24, 2.45) is 0 Å². The first-order chi connectivity index (χ1) is 10.0. The molecule has 2 nitrogen and oxygen atoms in total. The average Bonchev–Trinajstić information content (AvgIpc) is 2.50. The van der Waals surface area contributed by atoms with Crippen molar-refractivity contribution in [3.05, 3.63) is 64.7 Å². The SMILES string of the molecule is CCC(O)(Cc1ccccc1)c1ccc(C)c(C)c1OC. The molecule has 2 rings (SSSR count). The van der Waals surface area contributed by atoms with Crippen LogP contribution in [0.15, 0.2) is 42.5 Å². The first-order valence-electron chi connectivity index (χ1n) is 7.43. The van der Waals surface area contributed by atoms with E-state index in [2.05, 4.69) is 13.0 Å². The number of hydrogen-bond donors (Lipinski definition) is 1. The van der Waals surface area contributed by atoms with Crippen LogP contribution in [0.1, 0.15) is 35.6 Å². The van der Waals surface area contributed by atoms with E-state index in [0.717, 1.165) is 22.4 Å². The molecule has 0 aromatic heterocycles. The second kappa shape index (κ2) is 6.31. The van der Waals surface area contributed by atoms with Crippen molar-refractivity contribution in [2.75, 3.05) is 7.11 Å². The fraction of sp³-hybridized carbons (Fsp3) is 0.368. The van der Waals surface area contributed by atoms with Gasteiger partial charge in [0, 0.05) is 12.0 Å². The first kappa shape index (κ1) is 15.6. The number of methoxy groups -OCH3 is 1. The van der Waals surface area contributed by atoms with E-state index in [-0.39, 0.29) is 0 Å². The van der Waals surface area contributed by atoms with Gasteiger partial charge in [-0.25, -0.2) is 0 Å². The van der Waals surface area contributed by atoms with Crippen molar-refractivity contribution < 1.29 is 9.84 Å². The van der Waals surface area contributed by atoms with Gasteiger partial charge in [-0.15, -0.1) is 0 Å². The Bertz CT molecular complexity index is 604. The molecule has 0 heterocycles. The smallest absolute Gasteiger partial charge is 0.128 e. The number of benzene rings is 2. The molecule has 0 radical (unpaired) electrons. The van der Waals surface area contributed by atoms with Gasteiger partial charge in [0.05, 0.1) is 12.7 Å². The van der Waals surface area contributed by atoms with Crippen molar-refractivity contribution in [1.82, 2.24) is 0 Å². The van der Waals surface area contributed by atoms with Gasteiger partial charge in [-0.3, -0.25) is 0 Å². The molecule has 112 valence electrons. The monoisotopic (exact) mass is 284 g/mol. The standard InChI is InChI=1S/C19H24O2/c1-5-19(20,13-16-9-7-6-8-10-16)17-12-11-14(2)15(3)18(17)21-4/h6-12,20H,5,13H2,1-4H3. The largest absolute Gasteiger partial charge is 0.496 e. The fourth-order valence-corrected chi connectivity index (χ4v) is 2.76. The molecule has 2 aromatic rings. The minimum Gasteiger partial charge on any atom is -0.496 e. The van der Waals surface area contributed by atoms with Crippen molar-refractivity contribution in [1.29, 1.82) is 0 Å². The molecule has 21 heavy (non-hydrogen) atoms. The van der Waals surface area contributed by atoms with Gasteiger partial charge in [0.2, 0.25) is 0 Å². The van der Waals surface area contributed by atoms with Gasteiger partial charge >= 0.3 is 0 Å². The number of ether oxygens (including phenoxy) is 1. The summed E-state index contributed by atoms with van der Waals surface area (Å²) in [5, 5.41) is 11.2. The average molecular weight is 284 g/mol. The molecule has 0 saturated carbocycles. The van der Waals surface area contributed by atoms with E-state index >= 15 is 0 Å². The molecule has 0 saturated heterocycles. The third-order valence-corrected chi connectivity index (χ3v) is 4.31. The van der Waals surface area contributed by atoms with Gasteiger partial charge in [-0.2, -0.15) is 0 Å². The molecular weight excluding hydrogens is 260 g/mol. The van der Waals surface area contributed by atoms with Crippen LogP contribution in [0.2, 0.25) is 0 Å². The minimum absolute atomic E-state index is 0.587. The number of aryl methyl sites for hydroxylation is 1. The zero-order chi connectivity index (χ0) is 15.5. The molecule has 0 aliphatic rings. The van der Waals surface area contributed by atoms with Gasteiger partial charge in [0.1, 0.15) is 5.75 Å². The Labute approximate surface area is 127 Å². The predicted molar refractivity (Wildman–Crippen MR) is 86.8 cm³/mol. The normalized spacial score (nSPS) is 13.8. The highest BCUT2D eigenvalue weighted by Gasteiger charge is 2.31. The summed E-state index contributed by atoms with van der Waals surface area (Å²) in [7, 11) is 1.67. The minimum atomic E-state index is -0.912. The van der Waals surface area contributed by atoms with Crippen molar-refractivity contribution in [3.8, 4) is 5.75 Å². The summed E-state index contributed by atoms with van der Waals surface area (Å²) in [6.07, 6.45) is 1.23. The Morgan fingerprint density at radius 1 is 1.05 bits per heavy atom. The van der Waals surface area contributed by atoms with E-state index in [1.54, 1.807) is 7.11 Å². The Kier molecular flexibility index (Phi) is 4.69. The molecule has 0 aliphatic carbocycles. The lowest BCUT2D eigenvalue weighted by molar-refractivity contribution is 0.0302. The molecule has 2 heteroatoms. The molecular formula is C19H24O2. The lowest BCUT2D eigenvalue weighted by Gasteiger charge is -2.30. The van der Waals surface area contributed by atoms with E-state index < -0.39 is 5.60 Å². The molecule has 1 N–H and O–H groups in total. The Balaban J connectivity index is 2.47. The summed E-state index contributed by atoms with van der Waals surface area (Å²) in [5.41, 5.74) is 3.36. The number of hydrogen-bond acceptors (Lipinski definition) is 2. The van der Waals surface area contributed by atoms with Crippen LogP contribution >= 0.6 is 0 Å². The third-order valence-electron chi connectivity index (χ3n) is 4.31. The van der Waals surface area contributed by atoms with Crippen LogP contribution in [-0.4, -0.2) is 12.2 Å². The molecule has 2 aromatic carbocycles. The molecule has 0 bridgehead atoms. The number of aliphatic hydroxyl groups is 1. The summed E-state index contributed by atoms with van der Waals surface area (Å²) < 4.78 is 5.58. The summed E-state index contributed by atoms with van der Waals surface area (Å²) in [6, 6.07) is 14.1. The lowest BCUT2D eigenvalue weighted by atomic mass is 9.83. The van der Waals surface area contributed by atoms with Gasteiger partial charge in [-0.1, -0.05) is 49.4 Å². The summed E-state index contributed by atoms with van der Waals surface area (Å²) in [6.45, 7) is 6.11. The maximum absolute atomic E-state index is 11.2. The van der Waals surface area contributed by atoms with E-state index in [9.17, 15) is 5.11 Å². The van der Waals surface area contributed by atoms with E-state index in [1.165, 1.54) is 5.56 Å². The summed E-state index contributed by atoms with van der Waals surface area (Å²) >= 11 is 0. The maximum Gasteiger partial charge on any atom is 0.128 e. The lowest BCUT2D eigenvalue weighted by Crippen LogP contribution is -2.28. The Morgan fingerprint density at radius 2 is 1.71 bits per heavy atom. The quantitative estimate of drug-likeness (QED) is 0.893. The predicted octanol–water partition coefficient (Wildman–Crippen LogP) is 4.15. The number of rotatable bonds is 5. The van der Waals surface area contributed by atoms with Crippen molar-refractivity contribution in [2.45, 2.75) is 39.2 Å².